The number of nitrogens with one attached hydrogen (secondary N) is 2. The van der Waals surface area contributed by atoms with E-state index in [1.165, 1.54) is 13.2 Å². The number of anilines is 2. The van der Waals surface area contributed by atoms with Gasteiger partial charge in [0.2, 0.25) is 11.8 Å². The van der Waals surface area contributed by atoms with Crippen LogP contribution in [-0.2, 0) is 9.59 Å². The van der Waals surface area contributed by atoms with E-state index < -0.39 is 0 Å². The fourth-order valence-corrected chi connectivity index (χ4v) is 2.74. The van der Waals surface area contributed by atoms with Gasteiger partial charge in [0.25, 0.3) is 0 Å². The van der Waals surface area contributed by atoms with Crippen LogP contribution < -0.4 is 15.4 Å². The molecule has 0 aliphatic carbocycles. The molecule has 5 nitrogen and oxygen atoms in total. The Morgan fingerprint density at radius 2 is 1.69 bits per heavy atom. The molecule has 2 aromatic carbocycles. The Hall–Kier alpha value is -2.50. The summed E-state index contributed by atoms with van der Waals surface area (Å²) in [6.07, 6.45) is 3.33. The van der Waals surface area contributed by atoms with Gasteiger partial charge in [-0.05, 0) is 42.5 Å². The second-order valence-electron chi connectivity index (χ2n) is 5.31. The normalized spacial score (nSPS) is 10.6. The molecule has 0 saturated carbocycles. The van der Waals surface area contributed by atoms with Gasteiger partial charge in [-0.25, -0.2) is 0 Å². The number of hydrogen-bond acceptors (Lipinski definition) is 3. The molecule has 0 aliphatic heterocycles. The van der Waals surface area contributed by atoms with E-state index in [0.717, 1.165) is 0 Å². The van der Waals surface area contributed by atoms with E-state index in [2.05, 4.69) is 10.6 Å². The van der Waals surface area contributed by atoms with Crippen molar-refractivity contribution in [2.75, 3.05) is 17.7 Å². The van der Waals surface area contributed by atoms with Gasteiger partial charge in [0.15, 0.2) is 0 Å². The average Bonchev–Trinajstić information content (AvgIpc) is 2.61. The van der Waals surface area contributed by atoms with Gasteiger partial charge in [0, 0.05) is 34.5 Å². The van der Waals surface area contributed by atoms with Crippen molar-refractivity contribution < 1.29 is 14.3 Å². The van der Waals surface area contributed by atoms with Gasteiger partial charge in [-0.15, -0.1) is 0 Å². The summed E-state index contributed by atoms with van der Waals surface area (Å²) in [7, 11) is 1.49. The SMILES string of the molecule is CCC(=O)Nc1ccc(NC(=O)C=Cc2cc(Cl)cc(Cl)c2OC)cc1. The Bertz CT molecular complexity index is 833. The summed E-state index contributed by atoms with van der Waals surface area (Å²) in [5, 5.41) is 6.28. The van der Waals surface area contributed by atoms with Gasteiger partial charge < -0.3 is 15.4 Å². The summed E-state index contributed by atoms with van der Waals surface area (Å²) in [5.74, 6) is 0.0449. The molecular weight excluding hydrogens is 375 g/mol. The van der Waals surface area contributed by atoms with Crippen molar-refractivity contribution in [3.63, 3.8) is 0 Å². The summed E-state index contributed by atoms with van der Waals surface area (Å²) in [6, 6.07) is 10.1. The van der Waals surface area contributed by atoms with Gasteiger partial charge in [-0.2, -0.15) is 0 Å². The molecule has 0 atom stereocenters. The molecular formula is C19H18Cl2N2O3. The molecule has 7 heteroatoms. The fourth-order valence-electron chi connectivity index (χ4n) is 2.16. The Morgan fingerprint density at radius 3 is 2.27 bits per heavy atom. The second-order valence-corrected chi connectivity index (χ2v) is 6.16. The number of carbonyl (C=O) groups excluding carboxylic acids is 2. The topological polar surface area (TPSA) is 67.4 Å². The molecule has 26 heavy (non-hydrogen) atoms. The number of halogens is 2. The number of ether oxygens (including phenoxy) is 1. The zero-order valence-electron chi connectivity index (χ0n) is 14.3. The minimum atomic E-state index is -0.325. The molecule has 2 N–H and O–H groups in total. The molecule has 0 fully saturated rings. The van der Waals surface area contributed by atoms with E-state index in [1.807, 2.05) is 0 Å². The maximum atomic E-state index is 12.1. The maximum Gasteiger partial charge on any atom is 0.248 e. The molecule has 0 spiro atoms. The van der Waals surface area contributed by atoms with E-state index >= 15 is 0 Å². The molecule has 2 amide bonds. The Morgan fingerprint density at radius 1 is 1.08 bits per heavy atom. The fraction of sp³-hybridized carbons (Fsp3) is 0.158. The van der Waals surface area contributed by atoms with Crippen molar-refractivity contribution in [1.29, 1.82) is 0 Å². The Kier molecular flexibility index (Phi) is 7.06. The molecule has 0 saturated heterocycles. The predicted molar refractivity (Wildman–Crippen MR) is 106 cm³/mol. The van der Waals surface area contributed by atoms with Crippen LogP contribution in [0.15, 0.2) is 42.5 Å². The van der Waals surface area contributed by atoms with Crippen molar-refractivity contribution in [2.24, 2.45) is 0 Å². The van der Waals surface area contributed by atoms with Crippen LogP contribution in [0.5, 0.6) is 5.75 Å². The molecule has 0 aliphatic rings. The standard InChI is InChI=1S/C19H18Cl2N2O3/c1-3-17(24)22-14-5-7-15(8-6-14)23-18(25)9-4-12-10-13(20)11-16(21)19(12)26-2/h4-11H,3H2,1-2H3,(H,22,24)(H,23,25). The third-order valence-corrected chi connectivity index (χ3v) is 3.91. The van der Waals surface area contributed by atoms with Gasteiger partial charge >= 0.3 is 0 Å². The lowest BCUT2D eigenvalue weighted by Gasteiger charge is -2.08. The van der Waals surface area contributed by atoms with Crippen molar-refractivity contribution in [1.82, 2.24) is 0 Å². The third-order valence-electron chi connectivity index (χ3n) is 3.41. The monoisotopic (exact) mass is 392 g/mol. The van der Waals surface area contributed by atoms with Gasteiger partial charge in [0.05, 0.1) is 12.1 Å². The molecule has 0 aromatic heterocycles. The molecule has 0 bridgehead atoms. The van der Waals surface area contributed by atoms with E-state index in [4.69, 9.17) is 27.9 Å². The van der Waals surface area contributed by atoms with Crippen molar-refractivity contribution in [2.45, 2.75) is 13.3 Å². The third kappa shape index (κ3) is 5.51. The smallest absolute Gasteiger partial charge is 0.248 e. The molecule has 0 unspecified atom stereocenters. The van der Waals surface area contributed by atoms with Gasteiger partial charge in [-0.3, -0.25) is 9.59 Å². The first-order valence-electron chi connectivity index (χ1n) is 7.85. The maximum absolute atomic E-state index is 12.1. The van der Waals surface area contributed by atoms with Crippen molar-refractivity contribution >= 4 is 52.5 Å². The molecule has 0 heterocycles. The summed E-state index contributed by atoms with van der Waals surface area (Å²) in [4.78, 5) is 23.4. The zero-order chi connectivity index (χ0) is 19.1. The average molecular weight is 393 g/mol. The first kappa shape index (κ1) is 19.8. The summed E-state index contributed by atoms with van der Waals surface area (Å²) in [6.45, 7) is 1.78. The highest BCUT2D eigenvalue weighted by molar-refractivity contribution is 6.36. The number of methoxy groups -OCH3 is 1. The summed E-state index contributed by atoms with van der Waals surface area (Å²) in [5.41, 5.74) is 1.87. The van der Waals surface area contributed by atoms with E-state index in [9.17, 15) is 9.59 Å². The minimum Gasteiger partial charge on any atom is -0.495 e. The lowest BCUT2D eigenvalue weighted by molar-refractivity contribution is -0.116. The van der Waals surface area contributed by atoms with E-state index in [-0.39, 0.29) is 11.8 Å². The summed E-state index contributed by atoms with van der Waals surface area (Å²) < 4.78 is 5.23. The van der Waals surface area contributed by atoms with Crippen LogP contribution >= 0.6 is 23.2 Å². The molecule has 2 rings (SSSR count). The number of benzene rings is 2. The number of rotatable bonds is 6. The number of carbonyl (C=O) groups is 2. The minimum absolute atomic E-state index is 0.0705. The number of amides is 2. The first-order valence-corrected chi connectivity index (χ1v) is 8.60. The predicted octanol–water partition coefficient (Wildman–Crippen LogP) is 5.00. The largest absolute Gasteiger partial charge is 0.495 e. The molecule has 136 valence electrons. The van der Waals surface area contributed by atoms with E-state index in [0.29, 0.717) is 39.2 Å². The van der Waals surface area contributed by atoms with Crippen LogP contribution in [0.3, 0.4) is 0 Å². The van der Waals surface area contributed by atoms with Crippen LogP contribution in [0.25, 0.3) is 6.08 Å². The zero-order valence-corrected chi connectivity index (χ0v) is 15.8. The van der Waals surface area contributed by atoms with Gasteiger partial charge in [0.1, 0.15) is 5.75 Å². The summed E-state index contributed by atoms with van der Waals surface area (Å²) >= 11 is 12.0. The lowest BCUT2D eigenvalue weighted by atomic mass is 10.2. The van der Waals surface area contributed by atoms with Crippen LogP contribution in [-0.4, -0.2) is 18.9 Å². The van der Waals surface area contributed by atoms with Crippen molar-refractivity contribution in [3.05, 3.63) is 58.1 Å². The molecule has 2 aromatic rings. The quantitative estimate of drug-likeness (QED) is 0.679. The van der Waals surface area contributed by atoms with E-state index in [1.54, 1.807) is 49.4 Å². The number of hydrogen-bond donors (Lipinski definition) is 2. The van der Waals surface area contributed by atoms with Crippen LogP contribution in [0.2, 0.25) is 10.0 Å². The Labute approximate surface area is 161 Å². The first-order chi connectivity index (χ1) is 12.4. The lowest BCUT2D eigenvalue weighted by Crippen LogP contribution is -2.10. The molecule has 0 radical (unpaired) electrons. The Balaban J connectivity index is 2.05. The van der Waals surface area contributed by atoms with Crippen LogP contribution in [0, 0.1) is 0 Å². The van der Waals surface area contributed by atoms with Gasteiger partial charge in [-0.1, -0.05) is 30.1 Å². The van der Waals surface area contributed by atoms with Crippen LogP contribution in [0.4, 0.5) is 11.4 Å². The second kappa shape index (κ2) is 9.27. The van der Waals surface area contributed by atoms with Crippen LogP contribution in [0.1, 0.15) is 18.9 Å². The highest BCUT2D eigenvalue weighted by atomic mass is 35.5. The van der Waals surface area contributed by atoms with Crippen molar-refractivity contribution in [3.8, 4) is 5.75 Å². The highest BCUT2D eigenvalue weighted by Gasteiger charge is 2.08. The highest BCUT2D eigenvalue weighted by Crippen LogP contribution is 2.32.